The Bertz CT molecular complexity index is 611. The molecule has 0 heterocycles. The molecule has 35 heavy (non-hydrogen) atoms. The van der Waals surface area contributed by atoms with Gasteiger partial charge in [0.15, 0.2) is 0 Å². The van der Waals surface area contributed by atoms with Gasteiger partial charge in [0.05, 0.1) is 0 Å². The van der Waals surface area contributed by atoms with Crippen LogP contribution in [-0.4, -0.2) is 25.2 Å². The van der Waals surface area contributed by atoms with E-state index < -0.39 is 0 Å². The van der Waals surface area contributed by atoms with Gasteiger partial charge in [0.25, 0.3) is 0 Å². The van der Waals surface area contributed by atoms with Crippen molar-refractivity contribution in [3.8, 4) is 0 Å². The zero-order chi connectivity index (χ0) is 26.7. The van der Waals surface area contributed by atoms with Crippen molar-refractivity contribution < 1.29 is 0 Å². The van der Waals surface area contributed by atoms with Crippen molar-refractivity contribution in [1.82, 2.24) is 10.6 Å². The first-order valence-corrected chi connectivity index (χ1v) is 14.0. The molecule has 0 bridgehead atoms. The summed E-state index contributed by atoms with van der Waals surface area (Å²) in [5.74, 6) is 0. The molecule has 0 fully saturated rings. The fourth-order valence-electron chi connectivity index (χ4n) is 4.42. The van der Waals surface area contributed by atoms with Gasteiger partial charge in [0, 0.05) is 12.1 Å². The van der Waals surface area contributed by atoms with Gasteiger partial charge in [-0.15, -0.1) is 0 Å². The highest BCUT2D eigenvalue weighted by atomic mass is 14.9. The highest BCUT2D eigenvalue weighted by Crippen LogP contribution is 2.39. The molecule has 2 N–H and O–H groups in total. The summed E-state index contributed by atoms with van der Waals surface area (Å²) >= 11 is 0. The van der Waals surface area contributed by atoms with E-state index in [9.17, 15) is 0 Å². The van der Waals surface area contributed by atoms with Crippen molar-refractivity contribution in [2.45, 2.75) is 117 Å². The number of allylic oxidation sites excluding steroid dienone is 4. The maximum absolute atomic E-state index is 4.39. The van der Waals surface area contributed by atoms with Crippen LogP contribution in [-0.2, 0) is 0 Å². The highest BCUT2D eigenvalue weighted by Gasteiger charge is 2.25. The van der Waals surface area contributed by atoms with E-state index in [1.165, 1.54) is 36.8 Å². The van der Waals surface area contributed by atoms with Gasteiger partial charge in [-0.1, -0.05) is 101 Å². The molecule has 2 atom stereocenters. The topological polar surface area (TPSA) is 24.1 Å². The molecule has 0 aliphatic carbocycles. The monoisotopic (exact) mass is 482 g/mol. The van der Waals surface area contributed by atoms with Crippen LogP contribution in [0.25, 0.3) is 0 Å². The van der Waals surface area contributed by atoms with Crippen molar-refractivity contribution in [2.75, 3.05) is 13.1 Å². The SMILES string of the molecule is C=CC(=C)CCC(C)NCCC(=C)CCC(CC)(CC)CCC(=C)CCNC(C)CCC(=C)C=C. The Kier molecular flexibility index (Phi) is 18.6. The Morgan fingerprint density at radius 2 is 1.03 bits per heavy atom. The number of hydrogen-bond donors (Lipinski definition) is 2. The van der Waals surface area contributed by atoms with Gasteiger partial charge >= 0.3 is 0 Å². The molecular weight excluding hydrogens is 424 g/mol. The van der Waals surface area contributed by atoms with E-state index in [0.717, 1.165) is 75.6 Å². The summed E-state index contributed by atoms with van der Waals surface area (Å²) in [6.07, 6.45) is 17.3. The Hall–Kier alpha value is -1.64. The standard InChI is InChI=1S/C33H58N2/c1-11-27(5)15-17-31(9)34-25-21-29(7)19-23-33(13-3,14-4)24-20-30(8)22-26-35-32(10)18-16-28(6)12-2/h11-12,31-32,34-35H,1-2,5-8,13-26H2,3-4,9-10H3. The quantitative estimate of drug-likeness (QED) is 0.106. The average molecular weight is 483 g/mol. The highest BCUT2D eigenvalue weighted by molar-refractivity contribution is 5.11. The predicted molar refractivity (Wildman–Crippen MR) is 161 cm³/mol. The van der Waals surface area contributed by atoms with Gasteiger partial charge in [-0.3, -0.25) is 0 Å². The second-order valence-electron chi connectivity index (χ2n) is 10.7. The average Bonchev–Trinajstić information content (AvgIpc) is 2.86. The van der Waals surface area contributed by atoms with Gasteiger partial charge in [-0.2, -0.15) is 0 Å². The van der Waals surface area contributed by atoms with Crippen LogP contribution in [0.15, 0.2) is 73.9 Å². The lowest BCUT2D eigenvalue weighted by molar-refractivity contribution is 0.217. The van der Waals surface area contributed by atoms with Crippen LogP contribution >= 0.6 is 0 Å². The van der Waals surface area contributed by atoms with Crippen LogP contribution in [0.1, 0.15) is 105 Å². The molecule has 2 nitrogen and oxygen atoms in total. The summed E-state index contributed by atoms with van der Waals surface area (Å²) in [7, 11) is 0. The first-order chi connectivity index (χ1) is 16.6. The minimum atomic E-state index is 0.406. The summed E-state index contributed by atoms with van der Waals surface area (Å²) in [5.41, 5.74) is 5.41. The fraction of sp³-hybridized carbons (Fsp3) is 0.636. The lowest BCUT2D eigenvalue weighted by Gasteiger charge is -2.33. The van der Waals surface area contributed by atoms with E-state index in [2.05, 4.69) is 77.8 Å². The normalized spacial score (nSPS) is 13.1. The summed E-state index contributed by atoms with van der Waals surface area (Å²) in [6, 6.07) is 1.000. The molecule has 0 aromatic rings. The van der Waals surface area contributed by atoms with Crippen LogP contribution in [0, 0.1) is 5.41 Å². The number of nitrogens with one attached hydrogen (secondary N) is 2. The van der Waals surface area contributed by atoms with Crippen molar-refractivity contribution in [1.29, 1.82) is 0 Å². The molecule has 0 saturated carbocycles. The molecule has 0 aliphatic heterocycles. The van der Waals surface area contributed by atoms with Gasteiger partial charge in [-0.05, 0) is 96.6 Å². The summed E-state index contributed by atoms with van der Waals surface area (Å²) in [5, 5.41) is 7.28. The third kappa shape index (κ3) is 16.6. The van der Waals surface area contributed by atoms with Crippen molar-refractivity contribution in [3.63, 3.8) is 0 Å². The van der Waals surface area contributed by atoms with E-state index in [1.54, 1.807) is 0 Å². The molecule has 2 unspecified atom stereocenters. The molecule has 0 aliphatic rings. The Labute approximate surface area is 219 Å². The van der Waals surface area contributed by atoms with E-state index >= 15 is 0 Å². The molecule has 0 radical (unpaired) electrons. The summed E-state index contributed by atoms with van der Waals surface area (Å²) in [6.45, 7) is 35.6. The first-order valence-electron chi connectivity index (χ1n) is 14.0. The minimum Gasteiger partial charge on any atom is -0.314 e. The summed E-state index contributed by atoms with van der Waals surface area (Å²) < 4.78 is 0. The van der Waals surface area contributed by atoms with Crippen LogP contribution in [0.5, 0.6) is 0 Å². The Balaban J connectivity index is 4.27. The van der Waals surface area contributed by atoms with Crippen LogP contribution in [0.3, 0.4) is 0 Å². The van der Waals surface area contributed by atoms with Crippen molar-refractivity contribution in [2.24, 2.45) is 5.41 Å². The predicted octanol–water partition coefficient (Wildman–Crippen LogP) is 9.25. The molecule has 0 saturated heterocycles. The van der Waals surface area contributed by atoms with E-state index in [4.69, 9.17) is 0 Å². The molecule has 0 spiro atoms. The molecular formula is C33H58N2. The molecule has 2 heteroatoms. The molecule has 0 amide bonds. The molecule has 0 aromatic heterocycles. The van der Waals surface area contributed by atoms with Gasteiger partial charge < -0.3 is 10.6 Å². The first kappa shape index (κ1) is 33.4. The van der Waals surface area contributed by atoms with Crippen molar-refractivity contribution >= 4 is 0 Å². The third-order valence-electron chi connectivity index (χ3n) is 7.83. The Morgan fingerprint density at radius 1 is 0.657 bits per heavy atom. The zero-order valence-corrected chi connectivity index (χ0v) is 24.0. The van der Waals surface area contributed by atoms with Gasteiger partial charge in [0.2, 0.25) is 0 Å². The van der Waals surface area contributed by atoms with Crippen molar-refractivity contribution in [3.05, 3.63) is 73.9 Å². The second kappa shape index (κ2) is 19.5. The van der Waals surface area contributed by atoms with Crippen LogP contribution in [0.4, 0.5) is 0 Å². The Morgan fingerprint density at radius 3 is 1.34 bits per heavy atom. The molecule has 0 aromatic carbocycles. The largest absolute Gasteiger partial charge is 0.314 e. The maximum atomic E-state index is 4.39. The fourth-order valence-corrected chi connectivity index (χ4v) is 4.42. The van der Waals surface area contributed by atoms with Crippen LogP contribution < -0.4 is 10.6 Å². The van der Waals surface area contributed by atoms with Crippen LogP contribution in [0.2, 0.25) is 0 Å². The maximum Gasteiger partial charge on any atom is 0.00420 e. The lowest BCUT2D eigenvalue weighted by atomic mass is 9.73. The summed E-state index contributed by atoms with van der Waals surface area (Å²) in [4.78, 5) is 0. The zero-order valence-electron chi connectivity index (χ0n) is 24.0. The van der Waals surface area contributed by atoms with Gasteiger partial charge in [0.1, 0.15) is 0 Å². The van der Waals surface area contributed by atoms with Gasteiger partial charge in [-0.25, -0.2) is 0 Å². The van der Waals surface area contributed by atoms with E-state index in [0.29, 0.717) is 17.5 Å². The molecule has 200 valence electrons. The number of rotatable bonds is 24. The number of hydrogen-bond acceptors (Lipinski definition) is 2. The lowest BCUT2D eigenvalue weighted by Crippen LogP contribution is -2.27. The van der Waals surface area contributed by atoms with E-state index in [-0.39, 0.29) is 0 Å². The van der Waals surface area contributed by atoms with E-state index in [1.807, 2.05) is 12.2 Å². The smallest absolute Gasteiger partial charge is 0.00420 e. The minimum absolute atomic E-state index is 0.406. The second-order valence-corrected chi connectivity index (χ2v) is 10.7. The molecule has 0 rings (SSSR count). The third-order valence-corrected chi connectivity index (χ3v) is 7.83.